The molecule has 1 aromatic heterocycles. The molecule has 1 amide bonds. The Morgan fingerprint density at radius 3 is 2.76 bits per heavy atom. The van der Waals surface area contributed by atoms with E-state index in [1.54, 1.807) is 10.6 Å². The average Bonchev–Trinajstić information content (AvgIpc) is 2.80. The first kappa shape index (κ1) is 22.8. The molecule has 1 N–H and O–H groups in total. The second-order valence-electron chi connectivity index (χ2n) is 9.29. The first-order valence-corrected chi connectivity index (χ1v) is 11.5. The third-order valence-electron chi connectivity index (χ3n) is 6.13. The fraction of sp³-hybridized carbons (Fsp3) is 0.423. The SMILES string of the molecule is Cc1ccccc1-c1nc2ccc(OCC(C)C)cc2c(=O)n1C[C@H]1CCCN(C(=O)O)C1. The Labute approximate surface area is 193 Å². The monoisotopic (exact) mass is 449 g/mol. The maximum Gasteiger partial charge on any atom is 0.407 e. The average molecular weight is 450 g/mol. The molecular formula is C26H31N3O4. The van der Waals surface area contributed by atoms with Gasteiger partial charge in [-0.15, -0.1) is 0 Å². The zero-order valence-electron chi connectivity index (χ0n) is 19.5. The Morgan fingerprint density at radius 1 is 1.24 bits per heavy atom. The van der Waals surface area contributed by atoms with Crippen LogP contribution in [0.5, 0.6) is 5.75 Å². The molecule has 2 aromatic carbocycles. The second-order valence-corrected chi connectivity index (χ2v) is 9.29. The van der Waals surface area contributed by atoms with Crippen molar-refractivity contribution >= 4 is 17.0 Å². The number of piperidine rings is 1. The number of aromatic nitrogens is 2. The van der Waals surface area contributed by atoms with Crippen LogP contribution in [0.4, 0.5) is 4.79 Å². The number of likely N-dealkylation sites (tertiary alicyclic amines) is 1. The van der Waals surface area contributed by atoms with E-state index in [9.17, 15) is 14.7 Å². The fourth-order valence-electron chi connectivity index (χ4n) is 4.40. The van der Waals surface area contributed by atoms with Gasteiger partial charge in [0, 0.05) is 25.2 Å². The molecule has 4 rings (SSSR count). The minimum Gasteiger partial charge on any atom is -0.493 e. The van der Waals surface area contributed by atoms with Gasteiger partial charge in [0.15, 0.2) is 0 Å². The Morgan fingerprint density at radius 2 is 2.03 bits per heavy atom. The van der Waals surface area contributed by atoms with Crippen LogP contribution in [-0.4, -0.2) is 45.3 Å². The Bertz CT molecular complexity index is 1220. The third kappa shape index (κ3) is 5.02. The van der Waals surface area contributed by atoms with E-state index in [1.807, 2.05) is 43.3 Å². The van der Waals surface area contributed by atoms with E-state index >= 15 is 0 Å². The lowest BCUT2D eigenvalue weighted by molar-refractivity contribution is 0.116. The smallest absolute Gasteiger partial charge is 0.407 e. The second kappa shape index (κ2) is 9.65. The number of amides is 1. The summed E-state index contributed by atoms with van der Waals surface area (Å²) in [5.41, 5.74) is 2.44. The summed E-state index contributed by atoms with van der Waals surface area (Å²) in [5, 5.41) is 9.95. The lowest BCUT2D eigenvalue weighted by atomic mass is 9.97. The number of nitrogens with zero attached hydrogens (tertiary/aromatic N) is 3. The highest BCUT2D eigenvalue weighted by Gasteiger charge is 2.25. The van der Waals surface area contributed by atoms with Crippen molar-refractivity contribution in [3.63, 3.8) is 0 Å². The Balaban J connectivity index is 1.81. The minimum absolute atomic E-state index is 0.0509. The molecule has 0 radical (unpaired) electrons. The molecule has 7 nitrogen and oxygen atoms in total. The first-order valence-electron chi connectivity index (χ1n) is 11.5. The fourth-order valence-corrected chi connectivity index (χ4v) is 4.40. The lowest BCUT2D eigenvalue weighted by Gasteiger charge is -2.31. The van der Waals surface area contributed by atoms with E-state index in [4.69, 9.17) is 9.72 Å². The van der Waals surface area contributed by atoms with Crippen LogP contribution >= 0.6 is 0 Å². The molecule has 0 aliphatic carbocycles. The quantitative estimate of drug-likeness (QED) is 0.585. The zero-order chi connectivity index (χ0) is 23.5. The maximum absolute atomic E-state index is 13.8. The van der Waals surface area contributed by atoms with E-state index in [0.717, 1.165) is 24.0 Å². The number of ether oxygens (including phenoxy) is 1. The highest BCUT2D eigenvalue weighted by Crippen LogP contribution is 2.26. The number of carboxylic acid groups (broad SMARTS) is 1. The van der Waals surface area contributed by atoms with Crippen molar-refractivity contribution in [3.05, 3.63) is 58.4 Å². The molecule has 174 valence electrons. The van der Waals surface area contributed by atoms with Gasteiger partial charge in [-0.1, -0.05) is 38.1 Å². The molecule has 7 heteroatoms. The van der Waals surface area contributed by atoms with Gasteiger partial charge in [-0.25, -0.2) is 9.78 Å². The highest BCUT2D eigenvalue weighted by atomic mass is 16.5. The van der Waals surface area contributed by atoms with Crippen molar-refractivity contribution in [2.75, 3.05) is 19.7 Å². The largest absolute Gasteiger partial charge is 0.493 e. The van der Waals surface area contributed by atoms with Crippen LogP contribution < -0.4 is 10.3 Å². The van der Waals surface area contributed by atoms with Crippen LogP contribution in [0.1, 0.15) is 32.3 Å². The summed E-state index contributed by atoms with van der Waals surface area (Å²) in [7, 11) is 0. The summed E-state index contributed by atoms with van der Waals surface area (Å²) in [6.45, 7) is 8.12. The maximum atomic E-state index is 13.8. The highest BCUT2D eigenvalue weighted by molar-refractivity contribution is 5.81. The van der Waals surface area contributed by atoms with Gasteiger partial charge in [-0.3, -0.25) is 9.36 Å². The molecule has 33 heavy (non-hydrogen) atoms. The number of benzene rings is 2. The van der Waals surface area contributed by atoms with Gasteiger partial charge in [0.05, 0.1) is 17.5 Å². The molecule has 2 heterocycles. The van der Waals surface area contributed by atoms with E-state index in [0.29, 0.717) is 54.6 Å². The summed E-state index contributed by atoms with van der Waals surface area (Å²) in [6, 6.07) is 13.4. The van der Waals surface area contributed by atoms with Crippen molar-refractivity contribution in [3.8, 4) is 17.1 Å². The van der Waals surface area contributed by atoms with Gasteiger partial charge in [-0.05, 0) is 55.4 Å². The summed E-state index contributed by atoms with van der Waals surface area (Å²) < 4.78 is 7.58. The molecule has 1 atom stereocenters. The van der Waals surface area contributed by atoms with Gasteiger partial charge in [0.2, 0.25) is 0 Å². The lowest BCUT2D eigenvalue weighted by Crippen LogP contribution is -2.41. The standard InChI is InChI=1S/C26H31N3O4/c1-17(2)16-33-20-10-11-23-22(13-20)25(30)29(15-19-8-6-12-28(14-19)26(31)32)24(27-23)21-9-5-4-7-18(21)3/h4-5,7,9-11,13,17,19H,6,8,12,14-16H2,1-3H3,(H,31,32)/t19-/m0/s1. The topological polar surface area (TPSA) is 84.7 Å². The normalized spacial score (nSPS) is 16.4. The third-order valence-corrected chi connectivity index (χ3v) is 6.13. The summed E-state index contributed by atoms with van der Waals surface area (Å²) >= 11 is 0. The molecule has 0 saturated carbocycles. The molecule has 1 fully saturated rings. The number of hydrogen-bond donors (Lipinski definition) is 1. The molecule has 0 spiro atoms. The number of hydrogen-bond acceptors (Lipinski definition) is 4. The summed E-state index contributed by atoms with van der Waals surface area (Å²) in [6.07, 6.45) is 0.758. The van der Waals surface area contributed by atoms with E-state index in [-0.39, 0.29) is 11.5 Å². The van der Waals surface area contributed by atoms with E-state index in [1.165, 1.54) is 4.90 Å². The minimum atomic E-state index is -0.908. The van der Waals surface area contributed by atoms with Crippen LogP contribution in [0.3, 0.4) is 0 Å². The zero-order valence-corrected chi connectivity index (χ0v) is 19.5. The predicted octanol–water partition coefficient (Wildman–Crippen LogP) is 4.80. The van der Waals surface area contributed by atoms with Gasteiger partial charge in [0.25, 0.3) is 5.56 Å². The van der Waals surface area contributed by atoms with E-state index < -0.39 is 6.09 Å². The molecule has 1 saturated heterocycles. The van der Waals surface area contributed by atoms with Crippen LogP contribution in [0.2, 0.25) is 0 Å². The number of aryl methyl sites for hydroxylation is 1. The van der Waals surface area contributed by atoms with Crippen molar-refractivity contribution in [1.29, 1.82) is 0 Å². The van der Waals surface area contributed by atoms with Crippen LogP contribution in [-0.2, 0) is 6.54 Å². The van der Waals surface area contributed by atoms with Crippen LogP contribution in [0.25, 0.3) is 22.3 Å². The van der Waals surface area contributed by atoms with Crippen molar-refractivity contribution < 1.29 is 14.6 Å². The molecule has 3 aromatic rings. The molecule has 1 aliphatic heterocycles. The van der Waals surface area contributed by atoms with Gasteiger partial charge >= 0.3 is 6.09 Å². The van der Waals surface area contributed by atoms with E-state index in [2.05, 4.69) is 13.8 Å². The predicted molar refractivity (Wildman–Crippen MR) is 129 cm³/mol. The molecule has 0 bridgehead atoms. The number of fused-ring (bicyclic) bond motifs is 1. The van der Waals surface area contributed by atoms with Gasteiger partial charge in [0.1, 0.15) is 11.6 Å². The van der Waals surface area contributed by atoms with Crippen molar-refractivity contribution in [1.82, 2.24) is 14.5 Å². The first-order chi connectivity index (χ1) is 15.8. The van der Waals surface area contributed by atoms with Crippen LogP contribution in [0.15, 0.2) is 47.3 Å². The Hall–Kier alpha value is -3.35. The summed E-state index contributed by atoms with van der Waals surface area (Å²) in [4.78, 5) is 31.6. The van der Waals surface area contributed by atoms with Crippen molar-refractivity contribution in [2.24, 2.45) is 11.8 Å². The van der Waals surface area contributed by atoms with Crippen LogP contribution in [0, 0.1) is 18.8 Å². The summed E-state index contributed by atoms with van der Waals surface area (Å²) in [5.74, 6) is 1.70. The van der Waals surface area contributed by atoms with Gasteiger partial charge in [-0.2, -0.15) is 0 Å². The van der Waals surface area contributed by atoms with Crippen molar-refractivity contribution in [2.45, 2.75) is 40.2 Å². The molecule has 0 unspecified atom stereocenters. The number of rotatable bonds is 6. The number of carbonyl (C=O) groups is 1. The molecular weight excluding hydrogens is 418 g/mol. The molecule has 1 aliphatic rings. The van der Waals surface area contributed by atoms with Gasteiger partial charge < -0.3 is 14.7 Å². The Kier molecular flexibility index (Phi) is 6.67.